The van der Waals surface area contributed by atoms with E-state index in [0.717, 1.165) is 35.5 Å². The van der Waals surface area contributed by atoms with Gasteiger partial charge in [0.15, 0.2) is 0 Å². The maximum Gasteiger partial charge on any atom is 0.291 e. The van der Waals surface area contributed by atoms with E-state index in [2.05, 4.69) is 43.4 Å². The van der Waals surface area contributed by atoms with Crippen molar-refractivity contribution in [2.45, 2.75) is 30.3 Å². The highest BCUT2D eigenvalue weighted by Gasteiger charge is 2.19. The van der Waals surface area contributed by atoms with Gasteiger partial charge in [0.25, 0.3) is 5.91 Å². The van der Waals surface area contributed by atoms with Gasteiger partial charge in [0.1, 0.15) is 12.6 Å². The summed E-state index contributed by atoms with van der Waals surface area (Å²) in [6.07, 6.45) is 4.73. The van der Waals surface area contributed by atoms with Gasteiger partial charge in [-0.25, -0.2) is 9.67 Å². The van der Waals surface area contributed by atoms with Crippen LogP contribution in [0.5, 0.6) is 0 Å². The molecule has 2 heterocycles. The molecule has 1 aliphatic rings. The minimum Gasteiger partial charge on any atom is -0.377 e. The Morgan fingerprint density at radius 1 is 1.18 bits per heavy atom. The van der Waals surface area contributed by atoms with Gasteiger partial charge in [0.2, 0.25) is 5.82 Å². The lowest BCUT2D eigenvalue weighted by Gasteiger charge is -2.23. The molecule has 0 bridgehead atoms. The SMILES string of the molecule is CN(C)c1ccc(N2CCCC2)cc1SC[C@@H](C=O)NC(=O)c1ncn(Cc2ccccc2)n1. The highest BCUT2D eigenvalue weighted by molar-refractivity contribution is 7.99. The molecule has 1 fully saturated rings. The summed E-state index contributed by atoms with van der Waals surface area (Å²) in [7, 11) is 4.01. The molecule has 1 atom stereocenters. The zero-order valence-electron chi connectivity index (χ0n) is 19.6. The molecule has 0 radical (unpaired) electrons. The number of carbonyl (C=O) groups excluding carboxylic acids is 2. The quantitative estimate of drug-likeness (QED) is 0.354. The van der Waals surface area contributed by atoms with Gasteiger partial charge in [-0.1, -0.05) is 30.3 Å². The smallest absolute Gasteiger partial charge is 0.291 e. The van der Waals surface area contributed by atoms with Crippen LogP contribution in [-0.4, -0.2) is 65.9 Å². The van der Waals surface area contributed by atoms with Gasteiger partial charge in [0.05, 0.1) is 18.3 Å². The second-order valence-electron chi connectivity index (χ2n) is 8.52. The van der Waals surface area contributed by atoms with Crippen LogP contribution in [0.2, 0.25) is 0 Å². The monoisotopic (exact) mass is 478 g/mol. The normalized spacial score (nSPS) is 14.1. The Morgan fingerprint density at radius 3 is 2.65 bits per heavy atom. The van der Waals surface area contributed by atoms with Gasteiger partial charge in [-0.2, -0.15) is 0 Å². The first-order valence-corrected chi connectivity index (χ1v) is 12.4. The number of nitrogens with one attached hydrogen (secondary N) is 1. The molecule has 0 unspecified atom stereocenters. The fourth-order valence-corrected chi connectivity index (χ4v) is 5.06. The number of anilines is 2. The summed E-state index contributed by atoms with van der Waals surface area (Å²) in [6.45, 7) is 2.67. The Morgan fingerprint density at radius 2 is 1.94 bits per heavy atom. The van der Waals surface area contributed by atoms with E-state index in [1.165, 1.54) is 24.9 Å². The fraction of sp³-hybridized carbons (Fsp3) is 0.360. The number of benzene rings is 2. The summed E-state index contributed by atoms with van der Waals surface area (Å²) in [6, 6.07) is 15.6. The Bertz CT molecular complexity index is 1110. The molecule has 9 heteroatoms. The molecule has 1 saturated heterocycles. The maximum atomic E-state index is 12.7. The van der Waals surface area contributed by atoms with Crippen LogP contribution in [0.15, 0.2) is 59.8 Å². The second kappa shape index (κ2) is 11.2. The molecule has 34 heavy (non-hydrogen) atoms. The largest absolute Gasteiger partial charge is 0.377 e. The number of carbonyl (C=O) groups is 2. The molecule has 8 nitrogen and oxygen atoms in total. The molecule has 1 aliphatic heterocycles. The molecular weight excluding hydrogens is 448 g/mol. The predicted octanol–water partition coefficient (Wildman–Crippen LogP) is 3.08. The third-order valence-electron chi connectivity index (χ3n) is 5.72. The minimum absolute atomic E-state index is 0.0535. The highest BCUT2D eigenvalue weighted by atomic mass is 32.2. The summed E-state index contributed by atoms with van der Waals surface area (Å²) < 4.78 is 1.61. The number of aromatic nitrogens is 3. The van der Waals surface area contributed by atoms with Crippen molar-refractivity contribution in [1.82, 2.24) is 20.1 Å². The lowest BCUT2D eigenvalue weighted by atomic mass is 10.2. The highest BCUT2D eigenvalue weighted by Crippen LogP contribution is 2.34. The van der Waals surface area contributed by atoms with Gasteiger partial charge in [0, 0.05) is 43.5 Å². The second-order valence-corrected chi connectivity index (χ2v) is 9.58. The lowest BCUT2D eigenvalue weighted by Crippen LogP contribution is -2.38. The van der Waals surface area contributed by atoms with Crippen molar-refractivity contribution in [3.63, 3.8) is 0 Å². The van der Waals surface area contributed by atoms with Crippen molar-refractivity contribution in [3.05, 3.63) is 66.2 Å². The summed E-state index contributed by atoms with van der Waals surface area (Å²) in [5.41, 5.74) is 3.35. The van der Waals surface area contributed by atoms with E-state index < -0.39 is 11.9 Å². The standard InChI is InChI=1S/C25H30N6O2S/c1-29(2)22-11-10-21(30-12-6-7-13-30)14-23(22)34-17-20(16-32)27-25(33)24-26-18-31(28-24)15-19-8-4-3-5-9-19/h3-5,8-11,14,16,18,20H,6-7,12-13,15,17H2,1-2H3,(H,27,33)/t20-/m1/s1. The van der Waals surface area contributed by atoms with Crippen LogP contribution in [0, 0.1) is 0 Å². The molecule has 3 aromatic rings. The van der Waals surface area contributed by atoms with Crippen molar-refractivity contribution in [2.24, 2.45) is 0 Å². The van der Waals surface area contributed by atoms with Gasteiger partial charge >= 0.3 is 0 Å². The number of hydrogen-bond acceptors (Lipinski definition) is 7. The third-order valence-corrected chi connectivity index (χ3v) is 6.89. The van der Waals surface area contributed by atoms with E-state index in [4.69, 9.17) is 0 Å². The molecular formula is C25H30N6O2S. The van der Waals surface area contributed by atoms with Gasteiger partial charge in [-0.3, -0.25) is 4.79 Å². The summed E-state index contributed by atoms with van der Waals surface area (Å²) >= 11 is 1.56. The van der Waals surface area contributed by atoms with Crippen LogP contribution < -0.4 is 15.1 Å². The van der Waals surface area contributed by atoms with Gasteiger partial charge in [-0.05, 0) is 36.6 Å². The molecule has 1 aromatic heterocycles. The van der Waals surface area contributed by atoms with Crippen molar-refractivity contribution < 1.29 is 9.59 Å². The average molecular weight is 479 g/mol. The number of hydrogen-bond donors (Lipinski definition) is 1. The van der Waals surface area contributed by atoms with Crippen LogP contribution in [0.1, 0.15) is 29.0 Å². The first-order chi connectivity index (χ1) is 16.5. The predicted molar refractivity (Wildman–Crippen MR) is 136 cm³/mol. The molecule has 0 aliphatic carbocycles. The van der Waals surface area contributed by atoms with E-state index in [9.17, 15) is 9.59 Å². The minimum atomic E-state index is -0.649. The molecule has 1 amide bonds. The van der Waals surface area contributed by atoms with Crippen LogP contribution >= 0.6 is 11.8 Å². The zero-order chi connectivity index (χ0) is 23.9. The Labute approximate surface area is 204 Å². The Balaban J connectivity index is 1.38. The summed E-state index contributed by atoms with van der Waals surface area (Å²) in [5, 5.41) is 7.02. The Kier molecular flexibility index (Phi) is 7.84. The number of nitrogens with zero attached hydrogens (tertiary/aromatic N) is 5. The average Bonchev–Trinajstić information content (AvgIpc) is 3.55. The van der Waals surface area contributed by atoms with Crippen molar-refractivity contribution >= 4 is 35.3 Å². The lowest BCUT2D eigenvalue weighted by molar-refractivity contribution is -0.109. The van der Waals surface area contributed by atoms with Crippen molar-refractivity contribution in [2.75, 3.05) is 42.7 Å². The molecule has 1 N–H and O–H groups in total. The summed E-state index contributed by atoms with van der Waals surface area (Å²) in [4.78, 5) is 34.1. The molecule has 0 spiro atoms. The van der Waals surface area contributed by atoms with Crippen LogP contribution in [0.3, 0.4) is 0 Å². The van der Waals surface area contributed by atoms with Crippen molar-refractivity contribution in [3.8, 4) is 0 Å². The van der Waals surface area contributed by atoms with Gasteiger partial charge < -0.3 is 19.9 Å². The number of aldehydes is 1. The van der Waals surface area contributed by atoms with Crippen LogP contribution in [-0.2, 0) is 11.3 Å². The van der Waals surface area contributed by atoms with E-state index in [-0.39, 0.29) is 5.82 Å². The third kappa shape index (κ3) is 5.96. The zero-order valence-corrected chi connectivity index (χ0v) is 20.4. The number of rotatable bonds is 10. The number of amides is 1. The Hall–Kier alpha value is -3.33. The molecule has 4 rings (SSSR count). The fourth-order valence-electron chi connectivity index (χ4n) is 3.93. The first kappa shape index (κ1) is 23.8. The van der Waals surface area contributed by atoms with Gasteiger partial charge in [-0.15, -0.1) is 16.9 Å². The topological polar surface area (TPSA) is 83.4 Å². The maximum absolute atomic E-state index is 12.7. The number of thioether (sulfide) groups is 1. The summed E-state index contributed by atoms with van der Waals surface area (Å²) in [5.74, 6) is 0.0190. The molecule has 0 saturated carbocycles. The van der Waals surface area contributed by atoms with Crippen LogP contribution in [0.25, 0.3) is 0 Å². The van der Waals surface area contributed by atoms with E-state index in [1.54, 1.807) is 16.4 Å². The molecule has 178 valence electrons. The van der Waals surface area contributed by atoms with Crippen molar-refractivity contribution in [1.29, 1.82) is 0 Å². The van der Waals surface area contributed by atoms with E-state index >= 15 is 0 Å². The van der Waals surface area contributed by atoms with E-state index in [1.807, 2.05) is 44.4 Å². The first-order valence-electron chi connectivity index (χ1n) is 11.4. The molecule has 2 aromatic carbocycles. The van der Waals surface area contributed by atoms with Crippen LogP contribution in [0.4, 0.5) is 11.4 Å². The van der Waals surface area contributed by atoms with E-state index in [0.29, 0.717) is 12.3 Å².